The van der Waals surface area contributed by atoms with E-state index in [0.29, 0.717) is 15.6 Å². The molecule has 0 aliphatic rings. The summed E-state index contributed by atoms with van der Waals surface area (Å²) in [5, 5.41) is 15.3. The zero-order valence-corrected chi connectivity index (χ0v) is 22.4. The molecule has 0 aromatic heterocycles. The summed E-state index contributed by atoms with van der Waals surface area (Å²) >= 11 is 12.9. The molecule has 0 fully saturated rings. The van der Waals surface area contributed by atoms with Crippen LogP contribution >= 0.6 is 23.2 Å². The molecule has 0 bridgehead atoms. The van der Waals surface area contributed by atoms with Gasteiger partial charge >= 0.3 is 0 Å². The van der Waals surface area contributed by atoms with Gasteiger partial charge in [0.05, 0.1) is 11.3 Å². The Morgan fingerprint density at radius 3 is 2.14 bits per heavy atom. The average Bonchev–Trinajstić information content (AvgIpc) is 2.82. The predicted molar refractivity (Wildman–Crippen MR) is 146 cm³/mol. The van der Waals surface area contributed by atoms with Crippen molar-refractivity contribution >= 4 is 40.7 Å². The van der Waals surface area contributed by atoms with Gasteiger partial charge in [-0.3, -0.25) is 19.7 Å². The van der Waals surface area contributed by atoms with Crippen LogP contribution in [-0.2, 0) is 29.0 Å². The number of carbonyl (C=O) groups excluding carboxylic acids is 2. The van der Waals surface area contributed by atoms with Crippen LogP contribution in [0.25, 0.3) is 0 Å². The summed E-state index contributed by atoms with van der Waals surface area (Å²) < 4.78 is 0. The SMILES string of the molecule is CC(C)(C)NC(=O)C(Cc1ccccc1)N(Cc1c(Cl)cccc1Cl)C(=O)Cc1ccccc1[N+](=O)[O-]. The highest BCUT2D eigenvalue weighted by atomic mass is 35.5. The van der Waals surface area contributed by atoms with E-state index in [1.54, 1.807) is 30.3 Å². The molecular weight excluding hydrogens is 513 g/mol. The smallest absolute Gasteiger partial charge is 0.273 e. The Bertz CT molecular complexity index is 1260. The Labute approximate surface area is 226 Å². The summed E-state index contributed by atoms with van der Waals surface area (Å²) in [6, 6.07) is 19.5. The highest BCUT2D eigenvalue weighted by Crippen LogP contribution is 2.28. The van der Waals surface area contributed by atoms with Gasteiger partial charge in [-0.05, 0) is 38.5 Å². The number of hydrogen-bond acceptors (Lipinski definition) is 4. The van der Waals surface area contributed by atoms with Gasteiger partial charge in [-0.2, -0.15) is 0 Å². The van der Waals surface area contributed by atoms with Crippen molar-refractivity contribution in [2.45, 2.75) is 51.7 Å². The molecule has 37 heavy (non-hydrogen) atoms. The van der Waals surface area contributed by atoms with Crippen molar-refractivity contribution in [1.29, 1.82) is 0 Å². The summed E-state index contributed by atoms with van der Waals surface area (Å²) in [5.74, 6) is -0.814. The Morgan fingerprint density at radius 1 is 0.946 bits per heavy atom. The zero-order valence-electron chi connectivity index (χ0n) is 20.9. The largest absolute Gasteiger partial charge is 0.350 e. The van der Waals surface area contributed by atoms with E-state index >= 15 is 0 Å². The van der Waals surface area contributed by atoms with E-state index in [9.17, 15) is 19.7 Å². The minimum atomic E-state index is -0.927. The van der Waals surface area contributed by atoms with E-state index in [1.807, 2.05) is 51.1 Å². The van der Waals surface area contributed by atoms with Crippen LogP contribution in [0.4, 0.5) is 5.69 Å². The van der Waals surface area contributed by atoms with Gasteiger partial charge in [0.15, 0.2) is 0 Å². The molecule has 0 spiro atoms. The third-order valence-electron chi connectivity index (χ3n) is 5.69. The maximum absolute atomic E-state index is 13.9. The minimum Gasteiger partial charge on any atom is -0.350 e. The fourth-order valence-electron chi connectivity index (χ4n) is 3.96. The lowest BCUT2D eigenvalue weighted by molar-refractivity contribution is -0.385. The van der Waals surface area contributed by atoms with Crippen molar-refractivity contribution < 1.29 is 14.5 Å². The van der Waals surface area contributed by atoms with Crippen LogP contribution in [0.5, 0.6) is 0 Å². The second kappa shape index (κ2) is 12.2. The number of nitrogens with zero attached hydrogens (tertiary/aromatic N) is 2. The molecule has 194 valence electrons. The van der Waals surface area contributed by atoms with Gasteiger partial charge in [-0.15, -0.1) is 0 Å². The van der Waals surface area contributed by atoms with E-state index in [0.717, 1.165) is 5.56 Å². The summed E-state index contributed by atoms with van der Waals surface area (Å²) in [5.41, 5.74) is 0.877. The van der Waals surface area contributed by atoms with Gasteiger partial charge in [0.1, 0.15) is 6.04 Å². The highest BCUT2D eigenvalue weighted by molar-refractivity contribution is 6.36. The van der Waals surface area contributed by atoms with E-state index in [1.165, 1.54) is 17.0 Å². The lowest BCUT2D eigenvalue weighted by Crippen LogP contribution is -2.54. The minimum absolute atomic E-state index is 0.0486. The van der Waals surface area contributed by atoms with E-state index in [4.69, 9.17) is 23.2 Å². The molecule has 0 aliphatic heterocycles. The number of benzene rings is 3. The Kier molecular flexibility index (Phi) is 9.29. The number of nitro benzene ring substituents is 1. The third-order valence-corrected chi connectivity index (χ3v) is 6.40. The first kappa shape index (κ1) is 28.2. The Balaban J connectivity index is 2.08. The van der Waals surface area contributed by atoms with Crippen molar-refractivity contribution in [2.75, 3.05) is 0 Å². The number of nitrogens with one attached hydrogen (secondary N) is 1. The van der Waals surface area contributed by atoms with Crippen LogP contribution in [-0.4, -0.2) is 33.2 Å². The van der Waals surface area contributed by atoms with Crippen LogP contribution < -0.4 is 5.32 Å². The highest BCUT2D eigenvalue weighted by Gasteiger charge is 2.33. The van der Waals surface area contributed by atoms with E-state index in [-0.39, 0.29) is 36.5 Å². The molecule has 7 nitrogen and oxygen atoms in total. The molecule has 0 saturated carbocycles. The molecule has 1 N–H and O–H groups in total. The second-order valence-corrected chi connectivity index (χ2v) is 10.5. The fraction of sp³-hybridized carbons (Fsp3) is 0.286. The summed E-state index contributed by atoms with van der Waals surface area (Å²) in [4.78, 5) is 39.9. The Hall–Kier alpha value is -3.42. The molecule has 0 radical (unpaired) electrons. The number of hydrogen-bond donors (Lipinski definition) is 1. The first-order valence-electron chi connectivity index (χ1n) is 11.8. The van der Waals surface area contributed by atoms with Crippen molar-refractivity contribution in [2.24, 2.45) is 0 Å². The Morgan fingerprint density at radius 2 is 1.54 bits per heavy atom. The molecule has 1 atom stereocenters. The first-order valence-corrected chi connectivity index (χ1v) is 12.5. The van der Waals surface area contributed by atoms with Crippen molar-refractivity contribution in [3.63, 3.8) is 0 Å². The normalized spacial score (nSPS) is 12.0. The van der Waals surface area contributed by atoms with Crippen LogP contribution in [0, 0.1) is 10.1 Å². The molecule has 2 amide bonds. The lowest BCUT2D eigenvalue weighted by Gasteiger charge is -2.34. The zero-order chi connectivity index (χ0) is 27.2. The average molecular weight is 542 g/mol. The number of amides is 2. The molecular formula is C28H29Cl2N3O4. The molecule has 9 heteroatoms. The maximum Gasteiger partial charge on any atom is 0.273 e. The topological polar surface area (TPSA) is 92.6 Å². The second-order valence-electron chi connectivity index (χ2n) is 9.73. The molecule has 1 unspecified atom stereocenters. The third kappa shape index (κ3) is 7.78. The lowest BCUT2D eigenvalue weighted by atomic mass is 9.99. The maximum atomic E-state index is 13.9. The summed E-state index contributed by atoms with van der Waals surface area (Å²) in [6.07, 6.45) is -0.0409. The molecule has 0 heterocycles. The van der Waals surface area contributed by atoms with Crippen molar-refractivity contribution in [3.8, 4) is 0 Å². The van der Waals surface area contributed by atoms with Crippen molar-refractivity contribution in [3.05, 3.63) is 110 Å². The molecule has 0 aliphatic carbocycles. The number of nitro groups is 1. The predicted octanol–water partition coefficient (Wildman–Crippen LogP) is 6.00. The molecule has 3 aromatic rings. The van der Waals surface area contributed by atoms with Gasteiger partial charge in [0.2, 0.25) is 11.8 Å². The van der Waals surface area contributed by atoms with Crippen LogP contribution in [0.3, 0.4) is 0 Å². The van der Waals surface area contributed by atoms with Gasteiger partial charge in [0.25, 0.3) is 5.69 Å². The molecule has 0 saturated heterocycles. The van der Waals surface area contributed by atoms with Gasteiger partial charge in [-0.1, -0.05) is 77.8 Å². The summed E-state index contributed by atoms with van der Waals surface area (Å²) in [6.45, 7) is 5.52. The number of para-hydroxylation sites is 1. The van der Waals surface area contributed by atoms with Gasteiger partial charge < -0.3 is 10.2 Å². The van der Waals surface area contributed by atoms with E-state index in [2.05, 4.69) is 5.32 Å². The molecule has 3 aromatic carbocycles. The van der Waals surface area contributed by atoms with Gasteiger partial charge in [-0.25, -0.2) is 0 Å². The van der Waals surface area contributed by atoms with Gasteiger partial charge in [0, 0.05) is 45.7 Å². The van der Waals surface area contributed by atoms with Crippen LogP contribution in [0.2, 0.25) is 10.0 Å². The first-order chi connectivity index (χ1) is 17.5. The quantitative estimate of drug-likeness (QED) is 0.265. The standard InChI is InChI=1S/C28H29Cl2N3O4/c1-28(2,3)31-27(35)25(16-19-10-5-4-6-11-19)32(18-21-22(29)13-9-14-23(21)30)26(34)17-20-12-7-8-15-24(20)33(36)37/h4-15,25H,16-18H2,1-3H3,(H,31,35). The number of rotatable bonds is 9. The molecule has 3 rings (SSSR count). The monoisotopic (exact) mass is 541 g/mol. The van der Waals surface area contributed by atoms with Crippen molar-refractivity contribution in [1.82, 2.24) is 10.2 Å². The van der Waals surface area contributed by atoms with Crippen LogP contribution in [0.1, 0.15) is 37.5 Å². The van der Waals surface area contributed by atoms with Crippen LogP contribution in [0.15, 0.2) is 72.8 Å². The number of carbonyl (C=O) groups is 2. The fourth-order valence-corrected chi connectivity index (χ4v) is 4.48. The summed E-state index contributed by atoms with van der Waals surface area (Å²) in [7, 11) is 0. The number of halogens is 2. The van der Waals surface area contributed by atoms with E-state index < -0.39 is 22.4 Å².